The number of aryl methyl sites for hydroxylation is 1. The van der Waals surface area contributed by atoms with Gasteiger partial charge in [0, 0.05) is 0 Å². The quantitative estimate of drug-likeness (QED) is 0.324. The molecule has 1 fully saturated rings. The molecule has 0 spiro atoms. The van der Waals surface area contributed by atoms with Crippen LogP contribution in [0.5, 0.6) is 0 Å². The van der Waals surface area contributed by atoms with E-state index in [0.29, 0.717) is 12.5 Å². The van der Waals surface area contributed by atoms with Crippen LogP contribution in [-0.2, 0) is 17.8 Å². The SMILES string of the molecule is NCCCc1cncc(C2=C[I-]C=NC(Nc3cccc(CN4CCN(CC(=O)O)CC4)c3)=N2)c1. The Morgan fingerprint density at radius 1 is 1.11 bits per heavy atom. The molecule has 0 radical (unpaired) electrons. The fourth-order valence-electron chi connectivity index (χ4n) is 4.02. The van der Waals surface area contributed by atoms with E-state index < -0.39 is 5.97 Å². The Balaban J connectivity index is 1.40. The molecule has 1 saturated heterocycles. The van der Waals surface area contributed by atoms with E-state index in [0.717, 1.165) is 62.5 Å². The Hall–Kier alpha value is -2.67. The van der Waals surface area contributed by atoms with Gasteiger partial charge in [-0.05, 0) is 0 Å². The first-order chi connectivity index (χ1) is 17.1. The number of aliphatic imine (C=N–C) groups is 2. The fourth-order valence-corrected chi connectivity index (χ4v) is 5.44. The van der Waals surface area contributed by atoms with Gasteiger partial charge in [-0.3, -0.25) is 4.79 Å². The number of benzene rings is 1. The van der Waals surface area contributed by atoms with E-state index >= 15 is 0 Å². The number of piperazine rings is 1. The summed E-state index contributed by atoms with van der Waals surface area (Å²) in [4.78, 5) is 29.0. The summed E-state index contributed by atoms with van der Waals surface area (Å²) in [5.74, 6) is -0.197. The second-order valence-corrected chi connectivity index (χ2v) is 10.4. The maximum absolute atomic E-state index is 10.9. The molecule has 0 atom stereocenters. The van der Waals surface area contributed by atoms with Crippen molar-refractivity contribution in [3.63, 3.8) is 0 Å². The topological polar surface area (TPSA) is 119 Å². The van der Waals surface area contributed by atoms with E-state index in [1.54, 1.807) is 0 Å². The summed E-state index contributed by atoms with van der Waals surface area (Å²) in [5.41, 5.74) is 10.9. The van der Waals surface area contributed by atoms with Gasteiger partial charge in [-0.15, -0.1) is 0 Å². The van der Waals surface area contributed by atoms with E-state index in [1.165, 1.54) is 11.1 Å². The molecule has 10 heteroatoms. The Kier molecular flexibility index (Phi) is 9.35. The summed E-state index contributed by atoms with van der Waals surface area (Å²) < 4.78 is 4.13. The number of hydrogen-bond acceptors (Lipinski definition) is 8. The van der Waals surface area contributed by atoms with Gasteiger partial charge in [0.25, 0.3) is 0 Å². The summed E-state index contributed by atoms with van der Waals surface area (Å²) in [6.07, 6.45) is 5.59. The van der Waals surface area contributed by atoms with Gasteiger partial charge < -0.3 is 5.11 Å². The number of halogens is 1. The van der Waals surface area contributed by atoms with Crippen molar-refractivity contribution in [3.8, 4) is 0 Å². The number of rotatable bonds is 9. The van der Waals surface area contributed by atoms with Crippen LogP contribution in [0.2, 0.25) is 0 Å². The van der Waals surface area contributed by atoms with Crippen molar-refractivity contribution in [1.29, 1.82) is 0 Å². The standard InChI is InChI=1S/C25H31IN7O2/c27-6-2-4-19-11-21(15-28-14-19)23-13-26-18-29-25(31-23)30-22-5-1-3-20(12-22)16-32-7-9-33(10-8-32)17-24(34)35/h1,3,5,11-15,18H,2,4,6-10,16-17,27H2,(H,30,31)(H,34,35)/q-1. The van der Waals surface area contributed by atoms with E-state index in [4.69, 9.17) is 15.8 Å². The number of hydrogen-bond donors (Lipinski definition) is 3. The Labute approximate surface area is 216 Å². The molecule has 0 amide bonds. The third-order valence-electron chi connectivity index (χ3n) is 5.79. The molecule has 186 valence electrons. The third-order valence-corrected chi connectivity index (χ3v) is 7.34. The monoisotopic (exact) mass is 588 g/mol. The predicted molar refractivity (Wildman–Crippen MR) is 135 cm³/mol. The van der Waals surface area contributed by atoms with Crippen LogP contribution in [0, 0.1) is 0 Å². The number of aromatic nitrogens is 1. The van der Waals surface area contributed by atoms with Gasteiger partial charge in [0.15, 0.2) is 0 Å². The molecule has 3 heterocycles. The first-order valence-corrected chi connectivity index (χ1v) is 14.2. The van der Waals surface area contributed by atoms with E-state index in [-0.39, 0.29) is 27.7 Å². The van der Waals surface area contributed by atoms with Crippen LogP contribution in [0.25, 0.3) is 5.70 Å². The van der Waals surface area contributed by atoms with Gasteiger partial charge in [0.1, 0.15) is 0 Å². The van der Waals surface area contributed by atoms with Crippen LogP contribution in [0.1, 0.15) is 23.1 Å². The predicted octanol–water partition coefficient (Wildman–Crippen LogP) is -0.927. The number of nitrogens with zero attached hydrogens (tertiary/aromatic N) is 5. The van der Waals surface area contributed by atoms with Gasteiger partial charge in [0.05, 0.1) is 6.54 Å². The van der Waals surface area contributed by atoms with Crippen molar-refractivity contribution in [2.75, 3.05) is 44.6 Å². The maximum atomic E-state index is 10.9. The Morgan fingerprint density at radius 2 is 1.94 bits per heavy atom. The molecular weight excluding hydrogens is 557 g/mol. The summed E-state index contributed by atoms with van der Waals surface area (Å²) in [6, 6.07) is 10.4. The summed E-state index contributed by atoms with van der Waals surface area (Å²) >= 11 is -0.336. The molecule has 0 saturated carbocycles. The van der Waals surface area contributed by atoms with Gasteiger partial charge in [-0.2, -0.15) is 0 Å². The number of pyridine rings is 1. The molecule has 2 aromatic rings. The summed E-state index contributed by atoms with van der Waals surface area (Å²) in [6.45, 7) is 4.87. The number of nitrogens with one attached hydrogen (secondary N) is 1. The molecular formula is C25H31IN7O2-. The van der Waals surface area contributed by atoms with Crippen LogP contribution in [0.15, 0.2) is 56.8 Å². The average molecular weight is 588 g/mol. The molecule has 4 N–H and O–H groups in total. The van der Waals surface area contributed by atoms with Crippen molar-refractivity contribution >= 4 is 27.5 Å². The van der Waals surface area contributed by atoms with E-state index in [2.05, 4.69) is 42.5 Å². The first kappa shape index (κ1) is 25.4. The second kappa shape index (κ2) is 12.9. The number of nitrogens with two attached hydrogens (primary N) is 1. The first-order valence-electron chi connectivity index (χ1n) is 11.7. The molecule has 2 aliphatic rings. The Morgan fingerprint density at radius 3 is 2.74 bits per heavy atom. The van der Waals surface area contributed by atoms with Crippen LogP contribution in [0.4, 0.5) is 5.69 Å². The molecule has 9 nitrogen and oxygen atoms in total. The van der Waals surface area contributed by atoms with Crippen molar-refractivity contribution < 1.29 is 31.1 Å². The van der Waals surface area contributed by atoms with Crippen molar-refractivity contribution in [1.82, 2.24) is 14.8 Å². The average Bonchev–Trinajstić information content (AvgIpc) is 3.10. The zero-order valence-corrected chi connectivity index (χ0v) is 21.8. The fraction of sp³-hybridized carbons (Fsp3) is 0.360. The second-order valence-electron chi connectivity index (χ2n) is 8.53. The van der Waals surface area contributed by atoms with E-state index in [1.807, 2.05) is 33.6 Å². The Bertz CT molecular complexity index is 1110. The van der Waals surface area contributed by atoms with Crippen LogP contribution in [-0.4, -0.2) is 75.3 Å². The molecule has 1 aromatic heterocycles. The van der Waals surface area contributed by atoms with Crippen molar-refractivity contribution in [2.24, 2.45) is 15.7 Å². The van der Waals surface area contributed by atoms with Gasteiger partial charge in [0.2, 0.25) is 0 Å². The molecule has 4 rings (SSSR count). The number of anilines is 1. The number of carboxylic acids is 1. The minimum atomic E-state index is -0.767. The summed E-state index contributed by atoms with van der Waals surface area (Å²) in [5, 5.41) is 12.4. The number of carboxylic acid groups (broad SMARTS) is 1. The normalized spacial score (nSPS) is 17.2. The number of aliphatic carboxylic acids is 1. The number of guanidine groups is 1. The van der Waals surface area contributed by atoms with Gasteiger partial charge in [-0.25, -0.2) is 0 Å². The van der Waals surface area contributed by atoms with Crippen molar-refractivity contribution in [2.45, 2.75) is 19.4 Å². The molecule has 35 heavy (non-hydrogen) atoms. The summed E-state index contributed by atoms with van der Waals surface area (Å²) in [7, 11) is 0. The molecule has 1 aromatic carbocycles. The van der Waals surface area contributed by atoms with Crippen LogP contribution in [0.3, 0.4) is 0 Å². The zero-order chi connectivity index (χ0) is 24.5. The molecule has 0 aliphatic carbocycles. The minimum absolute atomic E-state index is 0.114. The van der Waals surface area contributed by atoms with Crippen molar-refractivity contribution in [3.05, 3.63) is 63.5 Å². The zero-order valence-electron chi connectivity index (χ0n) is 19.6. The van der Waals surface area contributed by atoms with Crippen LogP contribution >= 0.6 is 0 Å². The molecule has 0 unspecified atom stereocenters. The van der Waals surface area contributed by atoms with Crippen LogP contribution < -0.4 is 32.3 Å². The number of carbonyl (C=O) groups is 1. The van der Waals surface area contributed by atoms with Gasteiger partial charge in [-0.1, -0.05) is 0 Å². The molecule has 0 bridgehead atoms. The third kappa shape index (κ3) is 7.92. The van der Waals surface area contributed by atoms with E-state index in [9.17, 15) is 4.79 Å². The molecule has 2 aliphatic heterocycles. The van der Waals surface area contributed by atoms with Gasteiger partial charge >= 0.3 is 200 Å².